The van der Waals surface area contributed by atoms with E-state index in [1.54, 1.807) is 67.6 Å². The molecule has 1 saturated carbocycles. The third kappa shape index (κ3) is 7.37. The van der Waals surface area contributed by atoms with Gasteiger partial charge in [0.1, 0.15) is 12.6 Å². The van der Waals surface area contributed by atoms with Crippen LogP contribution < -0.4 is 9.62 Å². The smallest absolute Gasteiger partial charge is 0.264 e. The van der Waals surface area contributed by atoms with Crippen molar-refractivity contribution in [2.24, 2.45) is 0 Å². The summed E-state index contributed by atoms with van der Waals surface area (Å²) >= 11 is 15.9. The number of halogens is 3. The van der Waals surface area contributed by atoms with Gasteiger partial charge in [-0.2, -0.15) is 0 Å². The molecule has 0 unspecified atom stereocenters. The lowest BCUT2D eigenvalue weighted by atomic mass is 10.1. The van der Waals surface area contributed by atoms with E-state index in [0.717, 1.165) is 34.5 Å². The van der Waals surface area contributed by atoms with E-state index in [-0.39, 0.29) is 23.4 Å². The predicted molar refractivity (Wildman–Crippen MR) is 162 cm³/mol. The largest absolute Gasteiger partial charge is 0.352 e. The van der Waals surface area contributed by atoms with Gasteiger partial charge in [-0.15, -0.1) is 0 Å². The zero-order valence-electron chi connectivity index (χ0n) is 21.9. The maximum absolute atomic E-state index is 14.0. The summed E-state index contributed by atoms with van der Waals surface area (Å²) in [6.07, 6.45) is 3.87. The minimum absolute atomic E-state index is 0.00630. The Morgan fingerprint density at radius 2 is 1.65 bits per heavy atom. The average Bonchev–Trinajstić information content (AvgIpc) is 3.45. The van der Waals surface area contributed by atoms with Crippen LogP contribution in [0.3, 0.4) is 0 Å². The molecule has 2 amide bonds. The van der Waals surface area contributed by atoms with Crippen LogP contribution in [0, 0.1) is 0 Å². The van der Waals surface area contributed by atoms with Crippen LogP contribution in [0.4, 0.5) is 5.69 Å². The van der Waals surface area contributed by atoms with E-state index in [0.29, 0.717) is 21.3 Å². The highest BCUT2D eigenvalue weighted by Gasteiger charge is 2.33. The van der Waals surface area contributed by atoms with Gasteiger partial charge in [0.05, 0.1) is 10.6 Å². The summed E-state index contributed by atoms with van der Waals surface area (Å²) in [6, 6.07) is 18.7. The first-order valence-electron chi connectivity index (χ1n) is 12.9. The highest BCUT2D eigenvalue weighted by Crippen LogP contribution is 2.27. The van der Waals surface area contributed by atoms with Crippen molar-refractivity contribution in [3.63, 3.8) is 0 Å². The number of carbonyl (C=O) groups is 2. The van der Waals surface area contributed by atoms with Crippen molar-refractivity contribution in [1.82, 2.24) is 10.2 Å². The molecule has 0 radical (unpaired) electrons. The van der Waals surface area contributed by atoms with Gasteiger partial charge in [-0.05, 0) is 73.9 Å². The summed E-state index contributed by atoms with van der Waals surface area (Å²) in [5.74, 6) is -0.853. The number of nitrogens with zero attached hydrogens (tertiary/aromatic N) is 2. The van der Waals surface area contributed by atoms with E-state index >= 15 is 0 Å². The molecule has 212 valence electrons. The van der Waals surface area contributed by atoms with Gasteiger partial charge in [0.2, 0.25) is 11.8 Å². The van der Waals surface area contributed by atoms with Gasteiger partial charge in [0.15, 0.2) is 0 Å². The number of benzene rings is 3. The van der Waals surface area contributed by atoms with Gasteiger partial charge >= 0.3 is 0 Å². The molecule has 1 fully saturated rings. The summed E-state index contributed by atoms with van der Waals surface area (Å²) in [5.41, 5.74) is 0.897. The first-order chi connectivity index (χ1) is 19.1. The van der Waals surface area contributed by atoms with Crippen LogP contribution in [0.25, 0.3) is 0 Å². The lowest BCUT2D eigenvalue weighted by Gasteiger charge is -2.32. The summed E-state index contributed by atoms with van der Waals surface area (Å²) in [4.78, 5) is 28.7. The molecule has 11 heteroatoms. The second kappa shape index (κ2) is 13.4. The first kappa shape index (κ1) is 30.4. The van der Waals surface area contributed by atoms with E-state index in [1.807, 2.05) is 0 Å². The van der Waals surface area contributed by atoms with Crippen molar-refractivity contribution < 1.29 is 18.0 Å². The second-order valence-electron chi connectivity index (χ2n) is 9.72. The topological polar surface area (TPSA) is 86.8 Å². The van der Waals surface area contributed by atoms with Crippen LogP contribution in [-0.2, 0) is 26.2 Å². The zero-order valence-corrected chi connectivity index (χ0v) is 25.8. The quantitative estimate of drug-likeness (QED) is 0.270. The Balaban J connectivity index is 1.69. The van der Waals surface area contributed by atoms with E-state index in [1.165, 1.54) is 17.0 Å². The van der Waals surface area contributed by atoms with Crippen LogP contribution in [0.15, 0.2) is 82.2 Å². The summed E-state index contributed by atoms with van der Waals surface area (Å²) in [5, 5.41) is 3.83. The lowest BCUT2D eigenvalue weighted by molar-refractivity contribution is -0.139. The minimum atomic E-state index is -4.12. The molecule has 40 heavy (non-hydrogen) atoms. The molecule has 1 aliphatic rings. The number of anilines is 1. The summed E-state index contributed by atoms with van der Waals surface area (Å²) in [7, 11) is -4.12. The molecule has 0 heterocycles. The Bertz CT molecular complexity index is 1450. The monoisotopic (exact) mass is 665 g/mol. The van der Waals surface area contributed by atoms with E-state index in [9.17, 15) is 18.0 Å². The van der Waals surface area contributed by atoms with Crippen LogP contribution in [0.1, 0.15) is 38.2 Å². The highest BCUT2D eigenvalue weighted by atomic mass is 79.9. The normalized spacial score (nSPS) is 14.5. The third-order valence-corrected chi connectivity index (χ3v) is 9.85. The fourth-order valence-electron chi connectivity index (χ4n) is 4.66. The van der Waals surface area contributed by atoms with Crippen molar-refractivity contribution in [1.29, 1.82) is 0 Å². The summed E-state index contributed by atoms with van der Waals surface area (Å²) < 4.78 is 29.4. The number of amides is 2. The maximum atomic E-state index is 14.0. The number of hydrogen-bond acceptors (Lipinski definition) is 4. The minimum Gasteiger partial charge on any atom is -0.352 e. The van der Waals surface area contributed by atoms with Crippen molar-refractivity contribution in [3.05, 3.63) is 92.9 Å². The molecule has 3 aromatic rings. The van der Waals surface area contributed by atoms with E-state index in [2.05, 4.69) is 21.2 Å². The molecule has 0 aromatic heterocycles. The first-order valence-corrected chi connectivity index (χ1v) is 15.9. The number of hydrogen-bond donors (Lipinski definition) is 1. The number of rotatable bonds is 10. The van der Waals surface area contributed by atoms with Gasteiger partial charge < -0.3 is 10.2 Å². The standard InChI is InChI=1S/C29H30BrCl2N3O4S/c1-20(29(37)33-24-7-5-6-8-24)34(18-21-11-14-23(31)17-27(21)32)28(36)19-35(25-15-12-22(30)13-16-25)40(38,39)26-9-3-2-4-10-26/h2-4,9-17,20,24H,5-8,18-19H2,1H3,(H,33,37)/t20-/m1/s1. The zero-order chi connectivity index (χ0) is 28.9. The molecule has 0 spiro atoms. The van der Waals surface area contributed by atoms with Gasteiger partial charge in [0.25, 0.3) is 10.0 Å². The van der Waals surface area contributed by atoms with Crippen LogP contribution in [0.5, 0.6) is 0 Å². The Morgan fingerprint density at radius 1 is 1.00 bits per heavy atom. The highest BCUT2D eigenvalue weighted by molar-refractivity contribution is 9.10. The SMILES string of the molecule is C[C@H](C(=O)NC1CCCC1)N(Cc1ccc(Cl)cc1Cl)C(=O)CN(c1ccc(Br)cc1)S(=O)(=O)c1ccccc1. The Hall–Kier alpha value is -2.59. The van der Waals surface area contributed by atoms with Crippen LogP contribution in [0.2, 0.25) is 10.0 Å². The Labute approximate surface area is 253 Å². The van der Waals surface area contributed by atoms with Gasteiger partial charge in [0, 0.05) is 27.1 Å². The summed E-state index contributed by atoms with van der Waals surface area (Å²) in [6.45, 7) is 1.11. The molecule has 0 bridgehead atoms. The van der Waals surface area contributed by atoms with Crippen molar-refractivity contribution in [3.8, 4) is 0 Å². The molecule has 1 N–H and O–H groups in total. The fourth-order valence-corrected chi connectivity index (χ4v) is 6.83. The lowest BCUT2D eigenvalue weighted by Crippen LogP contribution is -2.52. The van der Waals surface area contributed by atoms with Crippen molar-refractivity contribution >= 4 is 66.7 Å². The van der Waals surface area contributed by atoms with E-state index in [4.69, 9.17) is 23.2 Å². The van der Waals surface area contributed by atoms with Gasteiger partial charge in [-0.3, -0.25) is 13.9 Å². The molecule has 3 aromatic carbocycles. The fraction of sp³-hybridized carbons (Fsp3) is 0.310. The Kier molecular flexibility index (Phi) is 10.2. The molecule has 1 atom stereocenters. The van der Waals surface area contributed by atoms with Crippen molar-refractivity contribution in [2.45, 2.75) is 56.1 Å². The van der Waals surface area contributed by atoms with Crippen LogP contribution in [-0.4, -0.2) is 43.8 Å². The average molecular weight is 667 g/mol. The molecule has 0 aliphatic heterocycles. The molecule has 1 aliphatic carbocycles. The molecule has 0 saturated heterocycles. The Morgan fingerprint density at radius 3 is 2.27 bits per heavy atom. The second-order valence-corrected chi connectivity index (χ2v) is 13.3. The van der Waals surface area contributed by atoms with E-state index < -0.39 is 28.5 Å². The molecule has 4 rings (SSSR count). The molecular weight excluding hydrogens is 637 g/mol. The van der Waals surface area contributed by atoms with Crippen molar-refractivity contribution in [2.75, 3.05) is 10.8 Å². The maximum Gasteiger partial charge on any atom is 0.264 e. The molecule has 7 nitrogen and oxygen atoms in total. The number of sulfonamides is 1. The third-order valence-electron chi connectivity index (χ3n) is 6.95. The van der Waals surface area contributed by atoms with Gasteiger partial charge in [-0.1, -0.05) is 76.2 Å². The van der Waals surface area contributed by atoms with Crippen LogP contribution >= 0.6 is 39.1 Å². The number of carbonyl (C=O) groups excluding carboxylic acids is 2. The molecular formula is C29H30BrCl2N3O4S. The number of nitrogens with one attached hydrogen (secondary N) is 1. The van der Waals surface area contributed by atoms with Gasteiger partial charge in [-0.25, -0.2) is 8.42 Å². The predicted octanol–water partition coefficient (Wildman–Crippen LogP) is 6.43.